The zero-order chi connectivity index (χ0) is 19.8. The molecule has 2 amide bonds. The number of hydrogen-bond acceptors (Lipinski definition) is 2. The fourth-order valence-corrected chi connectivity index (χ4v) is 3.63. The lowest BCUT2D eigenvalue weighted by atomic mass is 10.1. The molecule has 0 unspecified atom stereocenters. The van der Waals surface area contributed by atoms with Gasteiger partial charge in [-0.05, 0) is 37.3 Å². The summed E-state index contributed by atoms with van der Waals surface area (Å²) in [5.41, 5.74) is 3.63. The highest BCUT2D eigenvalue weighted by Crippen LogP contribution is 2.11. The predicted octanol–water partition coefficient (Wildman–Crippen LogP) is 3.62. The number of benzene rings is 2. The van der Waals surface area contributed by atoms with Gasteiger partial charge in [0.1, 0.15) is 0 Å². The van der Waals surface area contributed by atoms with Crippen molar-refractivity contribution < 1.29 is 9.59 Å². The zero-order valence-electron chi connectivity index (χ0n) is 16.8. The molecule has 28 heavy (non-hydrogen) atoms. The van der Waals surface area contributed by atoms with Gasteiger partial charge in [0, 0.05) is 39.0 Å². The first-order valence-electron chi connectivity index (χ1n) is 10.3. The van der Waals surface area contributed by atoms with Crippen LogP contribution in [0, 0.1) is 6.92 Å². The summed E-state index contributed by atoms with van der Waals surface area (Å²) in [6.45, 7) is 4.84. The average molecular weight is 379 g/mol. The van der Waals surface area contributed by atoms with Crippen LogP contribution < -0.4 is 0 Å². The van der Waals surface area contributed by atoms with E-state index in [0.717, 1.165) is 32.4 Å². The summed E-state index contributed by atoms with van der Waals surface area (Å²) in [4.78, 5) is 29.0. The summed E-state index contributed by atoms with van der Waals surface area (Å²) in [5, 5.41) is 0. The third-order valence-electron chi connectivity index (χ3n) is 5.42. The average Bonchev–Trinajstić information content (AvgIpc) is 2.98. The monoisotopic (exact) mass is 378 g/mol. The Morgan fingerprint density at radius 3 is 1.75 bits per heavy atom. The second-order valence-electron chi connectivity index (χ2n) is 7.59. The molecule has 2 aromatic carbocycles. The van der Waals surface area contributed by atoms with Gasteiger partial charge in [0.25, 0.3) is 0 Å². The second-order valence-corrected chi connectivity index (χ2v) is 7.59. The Balaban J connectivity index is 1.43. The maximum Gasteiger partial charge on any atom is 0.222 e. The van der Waals surface area contributed by atoms with E-state index in [2.05, 4.69) is 43.3 Å². The molecule has 1 fully saturated rings. The van der Waals surface area contributed by atoms with Gasteiger partial charge in [-0.15, -0.1) is 0 Å². The Bertz CT molecular complexity index is 771. The van der Waals surface area contributed by atoms with E-state index in [1.165, 1.54) is 16.7 Å². The maximum atomic E-state index is 12.6. The largest absolute Gasteiger partial charge is 0.341 e. The third-order valence-corrected chi connectivity index (χ3v) is 5.42. The molecule has 2 aromatic rings. The number of aryl methyl sites for hydroxylation is 3. The lowest BCUT2D eigenvalue weighted by Gasteiger charge is -2.22. The van der Waals surface area contributed by atoms with Crippen LogP contribution in [-0.2, 0) is 22.4 Å². The molecule has 3 rings (SSSR count). The molecule has 0 aromatic heterocycles. The Morgan fingerprint density at radius 1 is 0.714 bits per heavy atom. The molecule has 0 atom stereocenters. The smallest absolute Gasteiger partial charge is 0.222 e. The van der Waals surface area contributed by atoms with E-state index < -0.39 is 0 Å². The first-order valence-corrected chi connectivity index (χ1v) is 10.3. The van der Waals surface area contributed by atoms with Gasteiger partial charge in [0.15, 0.2) is 0 Å². The summed E-state index contributed by atoms with van der Waals surface area (Å²) in [5.74, 6) is 0.386. The number of amides is 2. The summed E-state index contributed by atoms with van der Waals surface area (Å²) in [6.07, 6.45) is 3.47. The lowest BCUT2D eigenvalue weighted by molar-refractivity contribution is -0.133. The molecule has 0 N–H and O–H groups in total. The van der Waals surface area contributed by atoms with Crippen molar-refractivity contribution in [3.05, 3.63) is 71.3 Å². The number of rotatable bonds is 6. The molecule has 1 heterocycles. The normalized spacial score (nSPS) is 14.6. The van der Waals surface area contributed by atoms with E-state index in [-0.39, 0.29) is 11.8 Å². The van der Waals surface area contributed by atoms with Gasteiger partial charge >= 0.3 is 0 Å². The molecule has 1 aliphatic heterocycles. The molecule has 1 saturated heterocycles. The Hall–Kier alpha value is -2.62. The third kappa shape index (κ3) is 5.95. The molecule has 0 radical (unpaired) electrons. The van der Waals surface area contributed by atoms with Crippen LogP contribution in [0.3, 0.4) is 0 Å². The van der Waals surface area contributed by atoms with Crippen molar-refractivity contribution in [2.24, 2.45) is 0 Å². The van der Waals surface area contributed by atoms with Gasteiger partial charge in [-0.2, -0.15) is 0 Å². The predicted molar refractivity (Wildman–Crippen MR) is 112 cm³/mol. The summed E-state index contributed by atoms with van der Waals surface area (Å²) < 4.78 is 0. The quantitative estimate of drug-likeness (QED) is 0.770. The summed E-state index contributed by atoms with van der Waals surface area (Å²) >= 11 is 0. The fraction of sp³-hybridized carbons (Fsp3) is 0.417. The van der Waals surface area contributed by atoms with Crippen molar-refractivity contribution in [3.63, 3.8) is 0 Å². The minimum Gasteiger partial charge on any atom is -0.341 e. The highest BCUT2D eigenvalue weighted by molar-refractivity contribution is 5.78. The van der Waals surface area contributed by atoms with E-state index in [4.69, 9.17) is 0 Å². The Kier molecular flexibility index (Phi) is 7.24. The Labute approximate surface area is 168 Å². The van der Waals surface area contributed by atoms with E-state index >= 15 is 0 Å². The van der Waals surface area contributed by atoms with E-state index in [1.807, 2.05) is 28.0 Å². The Morgan fingerprint density at radius 2 is 1.21 bits per heavy atom. The van der Waals surface area contributed by atoms with Gasteiger partial charge in [0.05, 0.1) is 0 Å². The van der Waals surface area contributed by atoms with Crippen LogP contribution in [-0.4, -0.2) is 47.8 Å². The second kappa shape index (κ2) is 10.1. The standard InChI is InChI=1S/C24H30N2O2/c1-20-8-10-22(11-9-20)13-15-24(28)26-17-5-16-25(18-19-26)23(27)14-12-21-6-3-2-4-7-21/h2-4,6-11H,5,12-19H2,1H3. The van der Waals surface area contributed by atoms with Gasteiger partial charge in [-0.3, -0.25) is 9.59 Å². The van der Waals surface area contributed by atoms with Crippen molar-refractivity contribution >= 4 is 11.8 Å². The maximum absolute atomic E-state index is 12.6. The molecule has 1 aliphatic rings. The number of nitrogens with zero attached hydrogens (tertiary/aromatic N) is 2. The molecular formula is C24H30N2O2. The molecule has 4 nitrogen and oxygen atoms in total. The van der Waals surface area contributed by atoms with Crippen molar-refractivity contribution in [2.45, 2.75) is 39.0 Å². The SMILES string of the molecule is Cc1ccc(CCC(=O)N2CCCN(C(=O)CCc3ccccc3)CC2)cc1. The molecule has 0 spiro atoms. The number of carbonyl (C=O) groups is 2. The minimum absolute atomic E-state index is 0.192. The van der Waals surface area contributed by atoms with E-state index in [9.17, 15) is 9.59 Å². The van der Waals surface area contributed by atoms with Gasteiger partial charge < -0.3 is 9.80 Å². The highest BCUT2D eigenvalue weighted by Gasteiger charge is 2.21. The van der Waals surface area contributed by atoms with Crippen LogP contribution in [0.4, 0.5) is 0 Å². The van der Waals surface area contributed by atoms with Gasteiger partial charge in [-0.25, -0.2) is 0 Å². The number of hydrogen-bond donors (Lipinski definition) is 0. The van der Waals surface area contributed by atoms with Crippen LogP contribution in [0.2, 0.25) is 0 Å². The molecule has 148 valence electrons. The minimum atomic E-state index is 0.192. The zero-order valence-corrected chi connectivity index (χ0v) is 16.8. The first kappa shape index (κ1) is 20.1. The van der Waals surface area contributed by atoms with Crippen molar-refractivity contribution in [2.75, 3.05) is 26.2 Å². The van der Waals surface area contributed by atoms with Crippen LogP contribution in [0.1, 0.15) is 36.0 Å². The van der Waals surface area contributed by atoms with Crippen LogP contribution in [0.25, 0.3) is 0 Å². The van der Waals surface area contributed by atoms with Crippen molar-refractivity contribution in [1.82, 2.24) is 9.80 Å². The first-order chi connectivity index (χ1) is 13.6. The summed E-state index contributed by atoms with van der Waals surface area (Å²) in [7, 11) is 0. The molecule has 0 bridgehead atoms. The molecule has 0 aliphatic carbocycles. The highest BCUT2D eigenvalue weighted by atomic mass is 16.2. The topological polar surface area (TPSA) is 40.6 Å². The molecular weight excluding hydrogens is 348 g/mol. The lowest BCUT2D eigenvalue weighted by Crippen LogP contribution is -2.37. The van der Waals surface area contributed by atoms with Crippen LogP contribution in [0.5, 0.6) is 0 Å². The number of carbonyl (C=O) groups excluding carboxylic acids is 2. The van der Waals surface area contributed by atoms with E-state index in [0.29, 0.717) is 25.9 Å². The van der Waals surface area contributed by atoms with E-state index in [1.54, 1.807) is 0 Å². The van der Waals surface area contributed by atoms with Crippen LogP contribution >= 0.6 is 0 Å². The molecule has 4 heteroatoms. The van der Waals surface area contributed by atoms with Gasteiger partial charge in [0.2, 0.25) is 11.8 Å². The van der Waals surface area contributed by atoms with Crippen molar-refractivity contribution in [1.29, 1.82) is 0 Å². The fourth-order valence-electron chi connectivity index (χ4n) is 3.63. The van der Waals surface area contributed by atoms with Crippen molar-refractivity contribution in [3.8, 4) is 0 Å². The summed E-state index contributed by atoms with van der Waals surface area (Å²) in [6, 6.07) is 18.5. The van der Waals surface area contributed by atoms with Gasteiger partial charge in [-0.1, -0.05) is 60.2 Å². The van der Waals surface area contributed by atoms with Crippen LogP contribution in [0.15, 0.2) is 54.6 Å². The molecule has 0 saturated carbocycles.